The quantitative estimate of drug-likeness (QED) is 0.614. The van der Waals surface area contributed by atoms with Crippen LogP contribution in [0.2, 0.25) is 0 Å². The van der Waals surface area contributed by atoms with E-state index in [1.165, 1.54) is 2.81 Å². The summed E-state index contributed by atoms with van der Waals surface area (Å²) >= 11 is 1.09. The number of nitrogens with one attached hydrogen (secondary N) is 1. The third-order valence-corrected chi connectivity index (χ3v) is 2.37. The molecule has 0 aliphatic carbocycles. The van der Waals surface area contributed by atoms with E-state index in [0.29, 0.717) is 0 Å². The molecule has 3 nitrogen and oxygen atoms in total. The van der Waals surface area contributed by atoms with Crippen LogP contribution in [-0.4, -0.2) is 45.5 Å². The molecule has 0 fully saturated rings. The van der Waals surface area contributed by atoms with Crippen LogP contribution in [0.1, 0.15) is 12.6 Å². The average Bonchev–Trinajstić information content (AvgIpc) is 2.03. The molecule has 0 saturated carbocycles. The van der Waals surface area contributed by atoms with Crippen LogP contribution in [0.3, 0.4) is 0 Å². The van der Waals surface area contributed by atoms with Crippen molar-refractivity contribution in [1.82, 2.24) is 10.3 Å². The van der Waals surface area contributed by atoms with Gasteiger partial charge in [-0.05, 0) is 0 Å². The van der Waals surface area contributed by atoms with Crippen molar-refractivity contribution in [1.29, 1.82) is 0 Å². The molecule has 1 heterocycles. The molecule has 0 radical (unpaired) electrons. The Balaban J connectivity index is 2.37. The molecular weight excluding hydrogens is 173 g/mol. The number of nitrogens with two attached hydrogens (primary N) is 1. The fourth-order valence-corrected chi connectivity index (χ4v) is 1.61. The standard InChI is InChI=1S/C9H14N3.Na/c1-8(10)6-11-7-9-4-2-3-5-12-9;/h3-5,8,11H,6-7,10H2,1H3;. The van der Waals surface area contributed by atoms with Gasteiger partial charge in [-0.15, -0.1) is 0 Å². The topological polar surface area (TPSA) is 50.9 Å². The zero-order valence-corrected chi connectivity index (χ0v) is 10.2. The van der Waals surface area contributed by atoms with Crippen molar-refractivity contribution < 1.29 is 0 Å². The molecule has 0 saturated heterocycles. The fourth-order valence-electron chi connectivity index (χ4n) is 1.12. The number of hydrogen-bond donors (Lipinski definition) is 2. The van der Waals surface area contributed by atoms with E-state index in [-0.39, 0.29) is 6.04 Å². The molecule has 4 heteroatoms. The summed E-state index contributed by atoms with van der Waals surface area (Å²) in [5.41, 5.74) is 6.72. The number of nitrogens with zero attached hydrogens (tertiary/aromatic N) is 1. The Hall–Kier alpha value is 0.0700. The molecule has 0 bridgehead atoms. The molecule has 1 aromatic heterocycles. The van der Waals surface area contributed by atoms with E-state index in [4.69, 9.17) is 5.73 Å². The molecule has 13 heavy (non-hydrogen) atoms. The first-order valence-corrected chi connectivity index (χ1v) is 5.56. The predicted octanol–water partition coefficient (Wildman–Crippen LogP) is -0.688. The molecule has 1 atom stereocenters. The average molecular weight is 187 g/mol. The molecule has 0 aliphatic rings. The van der Waals surface area contributed by atoms with E-state index >= 15 is 0 Å². The molecule has 0 amide bonds. The van der Waals surface area contributed by atoms with Crippen molar-refractivity contribution in [3.8, 4) is 0 Å². The first kappa shape index (κ1) is 11.1. The van der Waals surface area contributed by atoms with Gasteiger partial charge in [0, 0.05) is 0 Å². The zero-order valence-electron chi connectivity index (χ0n) is 8.25. The second-order valence-electron chi connectivity index (χ2n) is 3.43. The van der Waals surface area contributed by atoms with Gasteiger partial charge in [0.2, 0.25) is 0 Å². The molecule has 3 N–H and O–H groups in total. The summed E-state index contributed by atoms with van der Waals surface area (Å²) in [4.78, 5) is 4.26. The number of rotatable bonds is 4. The van der Waals surface area contributed by atoms with Crippen LogP contribution in [0, 0.1) is 0 Å². The Kier molecular flexibility index (Phi) is 4.91. The summed E-state index contributed by atoms with van der Waals surface area (Å²) in [6.45, 7) is 3.65. The normalized spacial score (nSPS) is 12.9. The number of pyridine rings is 1. The summed E-state index contributed by atoms with van der Waals surface area (Å²) in [6, 6.07) is 4.40. The maximum absolute atomic E-state index is 5.61. The van der Waals surface area contributed by atoms with Crippen molar-refractivity contribution in [2.75, 3.05) is 6.54 Å². The van der Waals surface area contributed by atoms with Crippen LogP contribution in [0.15, 0.2) is 18.3 Å². The van der Waals surface area contributed by atoms with Gasteiger partial charge in [-0.25, -0.2) is 0 Å². The number of hydrogen-bond acceptors (Lipinski definition) is 3. The summed E-state index contributed by atoms with van der Waals surface area (Å²) < 4.78 is 1.38. The van der Waals surface area contributed by atoms with Crippen molar-refractivity contribution in [2.24, 2.45) is 5.73 Å². The van der Waals surface area contributed by atoms with Gasteiger partial charge in [0.1, 0.15) is 0 Å². The van der Waals surface area contributed by atoms with E-state index in [2.05, 4.69) is 22.4 Å². The van der Waals surface area contributed by atoms with E-state index in [0.717, 1.165) is 46.7 Å². The third kappa shape index (κ3) is 4.74. The Morgan fingerprint density at radius 3 is 3.08 bits per heavy atom. The second kappa shape index (κ2) is 5.73. The van der Waals surface area contributed by atoms with E-state index in [1.807, 2.05) is 13.1 Å². The molecule has 1 rings (SSSR count). The van der Waals surface area contributed by atoms with Gasteiger partial charge in [-0.1, -0.05) is 0 Å². The van der Waals surface area contributed by atoms with E-state index < -0.39 is 0 Å². The van der Waals surface area contributed by atoms with Gasteiger partial charge < -0.3 is 0 Å². The molecule has 1 aromatic rings. The Morgan fingerprint density at radius 1 is 1.69 bits per heavy atom. The van der Waals surface area contributed by atoms with Crippen molar-refractivity contribution in [3.63, 3.8) is 0 Å². The summed E-state index contributed by atoms with van der Waals surface area (Å²) in [5.74, 6) is 0. The monoisotopic (exact) mass is 187 g/mol. The summed E-state index contributed by atoms with van der Waals surface area (Å²) in [6.07, 6.45) is 1.87. The first-order valence-electron chi connectivity index (χ1n) is 4.56. The Labute approximate surface area is 96.5 Å². The first-order chi connectivity index (χ1) is 6.18. The minimum absolute atomic E-state index is 0.208. The molecule has 0 aromatic carbocycles. The van der Waals surface area contributed by atoms with Crippen molar-refractivity contribution in [2.45, 2.75) is 19.5 Å². The van der Waals surface area contributed by atoms with Gasteiger partial charge in [-0.2, -0.15) is 0 Å². The van der Waals surface area contributed by atoms with Gasteiger partial charge in [-0.3, -0.25) is 0 Å². The van der Waals surface area contributed by atoms with Crippen LogP contribution in [-0.2, 0) is 6.54 Å². The summed E-state index contributed by atoms with van der Waals surface area (Å²) in [5, 5.41) is 3.26. The SMILES string of the molecule is CC(N)CNCc1c[c]([Na])ccn1. The maximum atomic E-state index is 5.61. The molecule has 1 unspecified atom stereocenters. The van der Waals surface area contributed by atoms with Crippen molar-refractivity contribution >= 4 is 30.7 Å². The zero-order chi connectivity index (χ0) is 9.68. The van der Waals surface area contributed by atoms with Crippen LogP contribution in [0.25, 0.3) is 0 Å². The predicted molar refractivity (Wildman–Crippen MR) is 55.0 cm³/mol. The molecule has 0 aliphatic heterocycles. The van der Waals surface area contributed by atoms with Crippen LogP contribution >= 0.6 is 0 Å². The molecule has 66 valence electrons. The number of aromatic nitrogens is 1. The van der Waals surface area contributed by atoms with Gasteiger partial charge >= 0.3 is 96.9 Å². The van der Waals surface area contributed by atoms with Crippen LogP contribution in [0.4, 0.5) is 0 Å². The minimum atomic E-state index is 0.208. The third-order valence-electron chi connectivity index (χ3n) is 1.74. The van der Waals surface area contributed by atoms with Crippen molar-refractivity contribution in [3.05, 3.63) is 24.0 Å². The summed E-state index contributed by atoms with van der Waals surface area (Å²) in [7, 11) is 0. The van der Waals surface area contributed by atoms with E-state index in [9.17, 15) is 0 Å². The van der Waals surface area contributed by atoms with Gasteiger partial charge in [0.05, 0.1) is 0 Å². The fraction of sp³-hybridized carbons (Fsp3) is 0.444. The molecular formula is C9H14N3Na. The van der Waals surface area contributed by atoms with Crippen LogP contribution in [0.5, 0.6) is 0 Å². The van der Waals surface area contributed by atoms with E-state index in [1.54, 1.807) is 0 Å². The Morgan fingerprint density at radius 2 is 2.46 bits per heavy atom. The Bertz CT molecular complexity index is 263. The van der Waals surface area contributed by atoms with Crippen LogP contribution < -0.4 is 13.9 Å². The van der Waals surface area contributed by atoms with Gasteiger partial charge in [0.25, 0.3) is 0 Å². The molecule has 0 spiro atoms. The van der Waals surface area contributed by atoms with Gasteiger partial charge in [0.15, 0.2) is 0 Å². The second-order valence-corrected chi connectivity index (χ2v) is 4.59.